The highest BCUT2D eigenvalue weighted by atomic mass is 16.5. The minimum Gasteiger partial charge on any atom is -0.481 e. The first kappa shape index (κ1) is 12.2. The number of nitrogens with zero attached hydrogens (tertiary/aromatic N) is 1. The van der Waals surface area contributed by atoms with Crippen LogP contribution in [0.25, 0.3) is 0 Å². The van der Waals surface area contributed by atoms with Gasteiger partial charge in [-0.05, 0) is 13.3 Å². The number of carbonyl (C=O) groups excluding carboxylic acids is 1. The first-order valence-corrected chi connectivity index (χ1v) is 4.91. The van der Waals surface area contributed by atoms with Crippen molar-refractivity contribution in [2.24, 2.45) is 0 Å². The Balaban J connectivity index is 2.70. The fraction of sp³-hybridized carbons (Fsp3) is 0.500. The summed E-state index contributed by atoms with van der Waals surface area (Å²) in [6.07, 6.45) is 1.67. The van der Waals surface area contributed by atoms with Crippen LogP contribution in [0.3, 0.4) is 0 Å². The molecule has 0 radical (unpaired) electrons. The molecule has 0 aliphatic heterocycles. The molecule has 2 N–H and O–H groups in total. The molecule has 0 fully saturated rings. The number of aromatic nitrogens is 1. The molecule has 6 heteroatoms. The first-order chi connectivity index (χ1) is 7.47. The van der Waals surface area contributed by atoms with Crippen LogP contribution in [0.15, 0.2) is 16.9 Å². The maximum Gasteiger partial charge on any atom is 0.305 e. The standard InChI is InChI=1S/C10H14N2O4/c1-3-10(2,6-8(13)14)11-9(15)7-4-5-16-12-7/h4-5H,3,6H2,1-2H3,(H,11,15)(H,13,14). The van der Waals surface area contributed by atoms with E-state index in [0.717, 1.165) is 0 Å². The van der Waals surface area contributed by atoms with Crippen LogP contribution in [-0.2, 0) is 4.79 Å². The number of amides is 1. The number of rotatable bonds is 5. The average Bonchev–Trinajstić information content (AvgIpc) is 2.69. The Hall–Kier alpha value is -1.85. The predicted octanol–water partition coefficient (Wildman–Crippen LogP) is 1.05. The third-order valence-corrected chi connectivity index (χ3v) is 2.41. The summed E-state index contributed by atoms with van der Waals surface area (Å²) in [4.78, 5) is 22.3. The summed E-state index contributed by atoms with van der Waals surface area (Å²) in [5.41, 5.74) is -0.632. The fourth-order valence-electron chi connectivity index (χ4n) is 1.26. The molecule has 1 amide bonds. The molecule has 1 rings (SSSR count). The minimum atomic E-state index is -0.954. The summed E-state index contributed by atoms with van der Waals surface area (Å²) < 4.78 is 4.54. The molecule has 1 aromatic heterocycles. The van der Waals surface area contributed by atoms with Gasteiger partial charge in [0.1, 0.15) is 6.26 Å². The van der Waals surface area contributed by atoms with Crippen LogP contribution in [0.2, 0.25) is 0 Å². The van der Waals surface area contributed by atoms with Crippen LogP contribution in [-0.4, -0.2) is 27.7 Å². The van der Waals surface area contributed by atoms with Gasteiger partial charge in [-0.2, -0.15) is 0 Å². The molecule has 1 atom stereocenters. The van der Waals surface area contributed by atoms with Gasteiger partial charge in [-0.3, -0.25) is 9.59 Å². The van der Waals surface area contributed by atoms with E-state index < -0.39 is 17.4 Å². The molecule has 16 heavy (non-hydrogen) atoms. The van der Waals surface area contributed by atoms with Crippen LogP contribution in [0, 0.1) is 0 Å². The molecule has 0 saturated heterocycles. The quantitative estimate of drug-likeness (QED) is 0.782. The van der Waals surface area contributed by atoms with Gasteiger partial charge >= 0.3 is 5.97 Å². The number of aliphatic carboxylic acids is 1. The lowest BCUT2D eigenvalue weighted by Gasteiger charge is -2.27. The summed E-state index contributed by atoms with van der Waals surface area (Å²) >= 11 is 0. The second-order valence-electron chi connectivity index (χ2n) is 3.82. The topological polar surface area (TPSA) is 92.4 Å². The first-order valence-electron chi connectivity index (χ1n) is 4.91. The fourth-order valence-corrected chi connectivity index (χ4v) is 1.26. The molecule has 0 aliphatic rings. The van der Waals surface area contributed by atoms with E-state index in [0.29, 0.717) is 6.42 Å². The number of nitrogens with one attached hydrogen (secondary N) is 1. The van der Waals surface area contributed by atoms with Gasteiger partial charge in [0, 0.05) is 11.6 Å². The molecule has 0 aromatic carbocycles. The molecular formula is C10H14N2O4. The van der Waals surface area contributed by atoms with Gasteiger partial charge in [0.25, 0.3) is 5.91 Å². The number of carbonyl (C=O) groups is 2. The largest absolute Gasteiger partial charge is 0.481 e. The molecule has 0 aliphatic carbocycles. The van der Waals surface area contributed by atoms with Crippen molar-refractivity contribution >= 4 is 11.9 Å². The van der Waals surface area contributed by atoms with Gasteiger partial charge in [-0.1, -0.05) is 12.1 Å². The van der Waals surface area contributed by atoms with Crippen molar-refractivity contribution in [3.8, 4) is 0 Å². The van der Waals surface area contributed by atoms with Crippen molar-refractivity contribution in [3.05, 3.63) is 18.0 Å². The van der Waals surface area contributed by atoms with Crippen molar-refractivity contribution in [2.75, 3.05) is 0 Å². The zero-order chi connectivity index (χ0) is 12.2. The Morgan fingerprint density at radius 1 is 1.62 bits per heavy atom. The van der Waals surface area contributed by atoms with Gasteiger partial charge in [0.2, 0.25) is 0 Å². The van der Waals surface area contributed by atoms with Gasteiger partial charge in [-0.25, -0.2) is 0 Å². The smallest absolute Gasteiger partial charge is 0.305 e. The SMILES string of the molecule is CCC(C)(CC(=O)O)NC(=O)c1ccon1. The number of carboxylic acid groups (broad SMARTS) is 1. The Morgan fingerprint density at radius 3 is 2.75 bits per heavy atom. The van der Waals surface area contributed by atoms with E-state index in [2.05, 4.69) is 15.0 Å². The average molecular weight is 226 g/mol. The molecule has 6 nitrogen and oxygen atoms in total. The lowest BCUT2D eigenvalue weighted by atomic mass is 9.94. The van der Waals surface area contributed by atoms with Crippen molar-refractivity contribution in [3.63, 3.8) is 0 Å². The molecular weight excluding hydrogens is 212 g/mol. The van der Waals surface area contributed by atoms with Crippen molar-refractivity contribution < 1.29 is 19.2 Å². The zero-order valence-electron chi connectivity index (χ0n) is 9.19. The normalized spacial score (nSPS) is 14.1. The highest BCUT2D eigenvalue weighted by Crippen LogP contribution is 2.15. The summed E-state index contributed by atoms with van der Waals surface area (Å²) in [6, 6.07) is 1.42. The highest BCUT2D eigenvalue weighted by Gasteiger charge is 2.28. The maximum absolute atomic E-state index is 11.6. The van der Waals surface area contributed by atoms with Crippen LogP contribution in [0.4, 0.5) is 0 Å². The molecule has 0 saturated carbocycles. The molecule has 0 bridgehead atoms. The predicted molar refractivity (Wildman–Crippen MR) is 54.9 cm³/mol. The van der Waals surface area contributed by atoms with Crippen molar-refractivity contribution in [1.82, 2.24) is 10.5 Å². The van der Waals surface area contributed by atoms with E-state index in [1.165, 1.54) is 12.3 Å². The van der Waals surface area contributed by atoms with E-state index in [4.69, 9.17) is 5.11 Å². The number of carboxylic acids is 1. The van der Waals surface area contributed by atoms with Crippen molar-refractivity contribution in [1.29, 1.82) is 0 Å². The molecule has 1 aromatic rings. The number of hydrogen-bond acceptors (Lipinski definition) is 4. The van der Waals surface area contributed by atoms with Crippen LogP contribution >= 0.6 is 0 Å². The Morgan fingerprint density at radius 2 is 2.31 bits per heavy atom. The monoisotopic (exact) mass is 226 g/mol. The van der Waals surface area contributed by atoms with E-state index in [1.54, 1.807) is 6.92 Å². The minimum absolute atomic E-state index is 0.132. The van der Waals surface area contributed by atoms with Gasteiger partial charge in [-0.15, -0.1) is 0 Å². The molecule has 88 valence electrons. The number of hydrogen-bond donors (Lipinski definition) is 2. The van der Waals surface area contributed by atoms with E-state index in [1.807, 2.05) is 6.92 Å². The second-order valence-corrected chi connectivity index (χ2v) is 3.82. The summed E-state index contributed by atoms with van der Waals surface area (Å²) in [5.74, 6) is -1.39. The van der Waals surface area contributed by atoms with Crippen LogP contribution < -0.4 is 5.32 Å². The van der Waals surface area contributed by atoms with E-state index in [9.17, 15) is 9.59 Å². The summed E-state index contributed by atoms with van der Waals surface area (Å²) in [5, 5.41) is 14.9. The third kappa shape index (κ3) is 3.08. The lowest BCUT2D eigenvalue weighted by molar-refractivity contribution is -0.138. The van der Waals surface area contributed by atoms with Crippen LogP contribution in [0.1, 0.15) is 37.2 Å². The zero-order valence-corrected chi connectivity index (χ0v) is 9.19. The lowest BCUT2D eigenvalue weighted by Crippen LogP contribution is -2.47. The molecule has 1 unspecified atom stereocenters. The maximum atomic E-state index is 11.6. The molecule has 0 spiro atoms. The van der Waals surface area contributed by atoms with Gasteiger partial charge in [0.15, 0.2) is 5.69 Å². The Bertz CT molecular complexity index is 374. The highest BCUT2D eigenvalue weighted by molar-refractivity contribution is 5.92. The third-order valence-electron chi connectivity index (χ3n) is 2.41. The Kier molecular flexibility index (Phi) is 3.65. The van der Waals surface area contributed by atoms with Gasteiger partial charge < -0.3 is 14.9 Å². The summed E-state index contributed by atoms with van der Waals surface area (Å²) in [7, 11) is 0. The van der Waals surface area contributed by atoms with E-state index >= 15 is 0 Å². The van der Waals surface area contributed by atoms with Gasteiger partial charge in [0.05, 0.1) is 6.42 Å². The van der Waals surface area contributed by atoms with E-state index in [-0.39, 0.29) is 12.1 Å². The van der Waals surface area contributed by atoms with Crippen LogP contribution in [0.5, 0.6) is 0 Å². The summed E-state index contributed by atoms with van der Waals surface area (Å²) in [6.45, 7) is 3.49. The van der Waals surface area contributed by atoms with Crippen molar-refractivity contribution in [2.45, 2.75) is 32.2 Å². The Labute approximate surface area is 92.6 Å². The second kappa shape index (κ2) is 4.78. The molecule has 1 heterocycles.